The van der Waals surface area contributed by atoms with Crippen molar-refractivity contribution < 1.29 is 14.3 Å². The molecule has 1 atom stereocenters. The molecule has 5 nitrogen and oxygen atoms in total. The first kappa shape index (κ1) is 18.8. The summed E-state index contributed by atoms with van der Waals surface area (Å²) in [5.41, 5.74) is 2.49. The second-order valence-corrected chi connectivity index (χ2v) is 6.79. The van der Waals surface area contributed by atoms with Crippen LogP contribution >= 0.6 is 0 Å². The Morgan fingerprint density at radius 2 is 2.15 bits per heavy atom. The molecule has 1 amide bonds. The van der Waals surface area contributed by atoms with E-state index in [1.54, 1.807) is 36.6 Å². The maximum Gasteiger partial charge on any atom is 0.246 e. The number of hydrogen-bond acceptors (Lipinski definition) is 4. The lowest BCUT2D eigenvalue weighted by Crippen LogP contribution is -2.41. The van der Waals surface area contributed by atoms with Gasteiger partial charge >= 0.3 is 0 Å². The topological polar surface area (TPSA) is 59.5 Å². The predicted molar refractivity (Wildman–Crippen MR) is 105 cm³/mol. The van der Waals surface area contributed by atoms with Gasteiger partial charge in [-0.25, -0.2) is 0 Å². The van der Waals surface area contributed by atoms with Gasteiger partial charge in [0.25, 0.3) is 0 Å². The number of nitrogens with zero attached hydrogens (tertiary/aromatic N) is 2. The number of amides is 1. The van der Waals surface area contributed by atoms with Gasteiger partial charge in [-0.15, -0.1) is 0 Å². The first-order valence-electron chi connectivity index (χ1n) is 9.14. The van der Waals surface area contributed by atoms with Crippen molar-refractivity contribution in [3.05, 3.63) is 65.5 Å². The van der Waals surface area contributed by atoms with E-state index in [2.05, 4.69) is 4.98 Å². The van der Waals surface area contributed by atoms with Gasteiger partial charge in [-0.3, -0.25) is 14.6 Å². The Labute approximate surface area is 159 Å². The number of benzene rings is 1. The minimum absolute atomic E-state index is 0.0668. The average Bonchev–Trinajstić information content (AvgIpc) is 2.72. The van der Waals surface area contributed by atoms with Crippen molar-refractivity contribution in [2.75, 3.05) is 20.2 Å². The third-order valence-electron chi connectivity index (χ3n) is 4.91. The molecule has 140 valence electrons. The van der Waals surface area contributed by atoms with Crippen LogP contribution in [-0.4, -0.2) is 41.8 Å². The number of piperidine rings is 1. The summed E-state index contributed by atoms with van der Waals surface area (Å²) in [5.74, 6) is 0.610. The van der Waals surface area contributed by atoms with Crippen LogP contribution in [0.25, 0.3) is 6.08 Å². The summed E-state index contributed by atoms with van der Waals surface area (Å²) in [7, 11) is 1.61. The Bertz CT molecular complexity index is 846. The number of carbonyl (C=O) groups excluding carboxylic acids is 2. The molecule has 1 aromatic heterocycles. The monoisotopic (exact) mass is 364 g/mol. The minimum atomic E-state index is -0.165. The van der Waals surface area contributed by atoms with Gasteiger partial charge in [-0.2, -0.15) is 0 Å². The molecule has 1 saturated heterocycles. The zero-order chi connectivity index (χ0) is 19.2. The number of ketones is 1. The quantitative estimate of drug-likeness (QED) is 0.601. The number of Topliss-reactive ketones (excluding diaryl/α,β-unsaturated/α-hetero) is 1. The van der Waals surface area contributed by atoms with E-state index in [-0.39, 0.29) is 17.6 Å². The van der Waals surface area contributed by atoms with E-state index in [0.29, 0.717) is 18.7 Å². The van der Waals surface area contributed by atoms with Crippen LogP contribution in [0.4, 0.5) is 0 Å². The molecule has 0 radical (unpaired) electrons. The van der Waals surface area contributed by atoms with Crippen molar-refractivity contribution >= 4 is 17.8 Å². The number of aromatic nitrogens is 1. The van der Waals surface area contributed by atoms with Gasteiger partial charge in [0.05, 0.1) is 7.11 Å². The van der Waals surface area contributed by atoms with Crippen molar-refractivity contribution in [1.29, 1.82) is 0 Å². The Hall–Kier alpha value is -2.95. The molecule has 1 aliphatic rings. The maximum absolute atomic E-state index is 13.0. The molecule has 1 aromatic carbocycles. The molecule has 2 heterocycles. The number of hydrogen-bond donors (Lipinski definition) is 0. The fourth-order valence-corrected chi connectivity index (χ4v) is 3.40. The van der Waals surface area contributed by atoms with Crippen LogP contribution in [0.5, 0.6) is 5.75 Å². The van der Waals surface area contributed by atoms with Gasteiger partial charge < -0.3 is 9.64 Å². The second kappa shape index (κ2) is 8.62. The third kappa shape index (κ3) is 4.61. The SMILES string of the molecule is COc1ccc(C(=O)[C@H]2CCCN(C(=O)/C=C/c3cccnc3)C2)c(C)c1. The van der Waals surface area contributed by atoms with Gasteiger partial charge in [-0.1, -0.05) is 6.07 Å². The van der Waals surface area contributed by atoms with E-state index in [9.17, 15) is 9.59 Å². The van der Waals surface area contributed by atoms with E-state index in [4.69, 9.17) is 4.74 Å². The highest BCUT2D eigenvalue weighted by Gasteiger charge is 2.29. The lowest BCUT2D eigenvalue weighted by atomic mass is 9.88. The molecule has 1 aliphatic heterocycles. The van der Waals surface area contributed by atoms with Crippen LogP contribution in [-0.2, 0) is 4.79 Å². The first-order chi connectivity index (χ1) is 13.1. The molecular weight excluding hydrogens is 340 g/mol. The molecular formula is C22H24N2O3. The zero-order valence-electron chi connectivity index (χ0n) is 15.7. The molecule has 3 rings (SSSR count). The largest absolute Gasteiger partial charge is 0.497 e. The van der Waals surface area contributed by atoms with E-state index in [1.807, 2.05) is 37.3 Å². The van der Waals surface area contributed by atoms with Crippen LogP contribution in [0.15, 0.2) is 48.8 Å². The maximum atomic E-state index is 13.0. The number of methoxy groups -OCH3 is 1. The van der Waals surface area contributed by atoms with Crippen molar-refractivity contribution in [3.63, 3.8) is 0 Å². The van der Waals surface area contributed by atoms with Crippen molar-refractivity contribution in [1.82, 2.24) is 9.88 Å². The van der Waals surface area contributed by atoms with Crippen LogP contribution in [0.2, 0.25) is 0 Å². The summed E-state index contributed by atoms with van der Waals surface area (Å²) in [4.78, 5) is 31.3. The van der Waals surface area contributed by atoms with Crippen molar-refractivity contribution in [2.24, 2.45) is 5.92 Å². The van der Waals surface area contributed by atoms with Gasteiger partial charge in [0, 0.05) is 43.0 Å². The molecule has 0 N–H and O–H groups in total. The number of pyridine rings is 1. The van der Waals surface area contributed by atoms with Crippen LogP contribution in [0.3, 0.4) is 0 Å². The number of ether oxygens (including phenoxy) is 1. The standard InChI is InChI=1S/C22H24N2O3/c1-16-13-19(27-2)8-9-20(16)22(26)18-6-4-12-24(15-18)21(25)10-7-17-5-3-11-23-14-17/h3,5,7-11,13-14,18H,4,6,12,15H2,1-2H3/b10-7+/t18-/m0/s1. The smallest absolute Gasteiger partial charge is 0.246 e. The summed E-state index contributed by atoms with van der Waals surface area (Å²) in [6, 6.07) is 9.22. The van der Waals surface area contributed by atoms with Crippen LogP contribution in [0.1, 0.15) is 34.3 Å². The summed E-state index contributed by atoms with van der Waals surface area (Å²) in [5, 5.41) is 0. The number of rotatable bonds is 5. The van der Waals surface area contributed by atoms with Crippen molar-refractivity contribution in [2.45, 2.75) is 19.8 Å². The molecule has 0 bridgehead atoms. The Morgan fingerprint density at radius 1 is 1.30 bits per heavy atom. The molecule has 1 fully saturated rings. The predicted octanol–water partition coefficient (Wildman–Crippen LogP) is 3.53. The average molecular weight is 364 g/mol. The summed E-state index contributed by atoms with van der Waals surface area (Å²) < 4.78 is 5.21. The highest BCUT2D eigenvalue weighted by Crippen LogP contribution is 2.25. The summed E-state index contributed by atoms with van der Waals surface area (Å²) >= 11 is 0. The molecule has 27 heavy (non-hydrogen) atoms. The van der Waals surface area contributed by atoms with Crippen LogP contribution in [0, 0.1) is 12.8 Å². The lowest BCUT2D eigenvalue weighted by molar-refractivity contribution is -0.127. The van der Waals surface area contributed by atoms with Gasteiger partial charge in [0.1, 0.15) is 5.75 Å². The Balaban J connectivity index is 1.67. The van der Waals surface area contributed by atoms with Crippen molar-refractivity contribution in [3.8, 4) is 5.75 Å². The van der Waals surface area contributed by atoms with Crippen LogP contribution < -0.4 is 4.74 Å². The highest BCUT2D eigenvalue weighted by molar-refractivity contribution is 6.00. The molecule has 0 aliphatic carbocycles. The zero-order valence-corrected chi connectivity index (χ0v) is 15.7. The first-order valence-corrected chi connectivity index (χ1v) is 9.14. The van der Waals surface area contributed by atoms with E-state index in [1.165, 1.54) is 0 Å². The third-order valence-corrected chi connectivity index (χ3v) is 4.91. The summed E-state index contributed by atoms with van der Waals surface area (Å²) in [6.07, 6.45) is 8.36. The minimum Gasteiger partial charge on any atom is -0.497 e. The fourth-order valence-electron chi connectivity index (χ4n) is 3.40. The number of carbonyl (C=O) groups is 2. The van der Waals surface area contributed by atoms with E-state index < -0.39 is 0 Å². The molecule has 0 spiro atoms. The van der Waals surface area contributed by atoms with E-state index in [0.717, 1.165) is 29.7 Å². The van der Waals surface area contributed by atoms with Gasteiger partial charge in [0.15, 0.2) is 5.78 Å². The summed E-state index contributed by atoms with van der Waals surface area (Å²) in [6.45, 7) is 3.06. The lowest BCUT2D eigenvalue weighted by Gasteiger charge is -2.31. The number of aryl methyl sites for hydroxylation is 1. The highest BCUT2D eigenvalue weighted by atomic mass is 16.5. The number of likely N-dealkylation sites (tertiary alicyclic amines) is 1. The second-order valence-electron chi connectivity index (χ2n) is 6.79. The Kier molecular flexibility index (Phi) is 6.01. The molecule has 2 aromatic rings. The van der Waals surface area contributed by atoms with Gasteiger partial charge in [-0.05, 0) is 61.2 Å². The normalized spacial score (nSPS) is 17.1. The molecule has 5 heteroatoms. The fraction of sp³-hybridized carbons (Fsp3) is 0.318. The molecule has 0 unspecified atom stereocenters. The van der Waals surface area contributed by atoms with Gasteiger partial charge in [0.2, 0.25) is 5.91 Å². The van der Waals surface area contributed by atoms with E-state index >= 15 is 0 Å². The molecule has 0 saturated carbocycles. The Morgan fingerprint density at radius 3 is 2.85 bits per heavy atom.